The predicted molar refractivity (Wildman–Crippen MR) is 306 cm³/mol. The summed E-state index contributed by atoms with van der Waals surface area (Å²) < 4.78 is 57.6. The second kappa shape index (κ2) is 21.7. The highest BCUT2D eigenvalue weighted by atomic mass is 32.2. The zero-order chi connectivity index (χ0) is 54.8. The van der Waals surface area contributed by atoms with Crippen LogP contribution in [0.5, 0.6) is 0 Å². The van der Waals surface area contributed by atoms with Crippen molar-refractivity contribution in [3.63, 3.8) is 0 Å². The van der Waals surface area contributed by atoms with Crippen LogP contribution in [-0.2, 0) is 32.8 Å². The minimum absolute atomic E-state index is 0.146. The number of nitrogens with zero attached hydrogens (tertiary/aromatic N) is 6. The molecular formula is C60H63N7O10S3. The molecule has 6 aliphatic rings. The number of rotatable bonds is 17. The van der Waals surface area contributed by atoms with Crippen molar-refractivity contribution in [2.24, 2.45) is 0 Å². The minimum Gasteiger partial charge on any atom is -0.478 e. The normalized spacial score (nSPS) is 22.5. The summed E-state index contributed by atoms with van der Waals surface area (Å²) in [6, 6.07) is 28.6. The number of anilines is 2. The molecule has 2 saturated carbocycles. The van der Waals surface area contributed by atoms with Crippen LogP contribution in [0.25, 0.3) is 42.9 Å². The van der Waals surface area contributed by atoms with Crippen molar-refractivity contribution < 1.29 is 46.2 Å². The maximum Gasteiger partial charge on any atom is 0.335 e. The lowest BCUT2D eigenvalue weighted by Gasteiger charge is -2.38. The van der Waals surface area contributed by atoms with Gasteiger partial charge in [-0.1, -0.05) is 81.5 Å². The molecule has 416 valence electrons. The van der Waals surface area contributed by atoms with E-state index in [0.717, 1.165) is 153 Å². The zero-order valence-electron chi connectivity index (χ0n) is 44.6. The third-order valence-corrected chi connectivity index (χ3v) is 19.8. The van der Waals surface area contributed by atoms with Gasteiger partial charge in [-0.2, -0.15) is 8.42 Å². The maximum absolute atomic E-state index is 12.5. The number of piperidine rings is 2. The molecule has 5 atom stereocenters. The van der Waals surface area contributed by atoms with Crippen molar-refractivity contribution in [1.29, 1.82) is 0 Å². The van der Waals surface area contributed by atoms with Crippen molar-refractivity contribution in [2.75, 3.05) is 22.1 Å². The average Bonchev–Trinajstić information content (AvgIpc) is 4.22. The molecule has 6 fully saturated rings. The minimum atomic E-state index is -4.13. The van der Waals surface area contributed by atoms with Crippen LogP contribution >= 0.6 is 22.7 Å². The largest absolute Gasteiger partial charge is 0.478 e. The highest BCUT2D eigenvalue weighted by Crippen LogP contribution is 2.49. The van der Waals surface area contributed by atoms with E-state index in [0.29, 0.717) is 60.3 Å². The molecule has 0 spiro atoms. The average molecular weight is 1140 g/mol. The van der Waals surface area contributed by atoms with Gasteiger partial charge < -0.3 is 38.7 Å². The third-order valence-electron chi connectivity index (χ3n) is 17.0. The second-order valence-corrected chi connectivity index (χ2v) is 26.1. The lowest BCUT2D eigenvalue weighted by molar-refractivity contribution is 0.0145. The van der Waals surface area contributed by atoms with Gasteiger partial charge in [0.15, 0.2) is 10.3 Å². The zero-order valence-corrected chi connectivity index (χ0v) is 47.0. The number of aryl methyl sites for hydroxylation is 2. The summed E-state index contributed by atoms with van der Waals surface area (Å²) >= 11 is 3.17. The van der Waals surface area contributed by atoms with Gasteiger partial charge >= 0.3 is 5.97 Å². The molecule has 4 aromatic heterocycles. The van der Waals surface area contributed by atoms with Crippen LogP contribution in [0.3, 0.4) is 0 Å². The van der Waals surface area contributed by atoms with Crippen LogP contribution in [0.1, 0.15) is 143 Å². The number of benzene rings is 4. The van der Waals surface area contributed by atoms with E-state index in [1.807, 2.05) is 24.3 Å². The fraction of sp³-hybridized carbons (Fsp3) is 0.433. The summed E-state index contributed by atoms with van der Waals surface area (Å²) in [7, 11) is -4.13. The molecule has 4 aromatic carbocycles. The van der Waals surface area contributed by atoms with Crippen molar-refractivity contribution in [2.45, 2.75) is 152 Å². The van der Waals surface area contributed by atoms with E-state index in [-0.39, 0.29) is 24.7 Å². The summed E-state index contributed by atoms with van der Waals surface area (Å²) in [6.45, 7) is 5.09. The molecule has 3 N–H and O–H groups in total. The smallest absolute Gasteiger partial charge is 0.335 e. The fourth-order valence-electron chi connectivity index (χ4n) is 12.6. The van der Waals surface area contributed by atoms with Crippen molar-refractivity contribution in [3.8, 4) is 22.5 Å². The maximum atomic E-state index is 12.5. The SMILES string of the molecule is Cc1ccccc1-c1noc(C2CC2)c1COC1CC2CCC(C1)N2c1nc2ccc(C(=O)NCCS(=O)(=O)O)cc2s1.Cc1ccccc1-c1noc(C2CC2)c1COC1CC2CC[C@@H](C1)N2c1nc2ccc(C(=O)O)cc2s1. The Hall–Kier alpha value is -6.55. The van der Waals surface area contributed by atoms with E-state index in [4.69, 9.17) is 33.0 Å². The van der Waals surface area contributed by atoms with Gasteiger partial charge in [-0.15, -0.1) is 0 Å². The van der Waals surface area contributed by atoms with Gasteiger partial charge in [-0.3, -0.25) is 9.35 Å². The highest BCUT2D eigenvalue weighted by Gasteiger charge is 2.45. The lowest BCUT2D eigenvalue weighted by atomic mass is 9.99. The van der Waals surface area contributed by atoms with Crippen LogP contribution in [0.2, 0.25) is 0 Å². The summed E-state index contributed by atoms with van der Waals surface area (Å²) in [5.41, 5.74) is 11.1. The number of carboxylic acid groups (broad SMARTS) is 1. The van der Waals surface area contributed by atoms with Crippen LogP contribution in [0.4, 0.5) is 10.3 Å². The molecule has 1 amide bonds. The second-order valence-electron chi connectivity index (χ2n) is 22.5. The molecule has 4 aliphatic heterocycles. The van der Waals surface area contributed by atoms with E-state index in [1.165, 1.54) is 11.1 Å². The lowest BCUT2D eigenvalue weighted by Crippen LogP contribution is -2.45. The van der Waals surface area contributed by atoms with Crippen molar-refractivity contribution >= 4 is 75.4 Å². The first-order chi connectivity index (χ1) is 38.8. The summed E-state index contributed by atoms with van der Waals surface area (Å²) in [4.78, 5) is 38.6. The Labute approximate surface area is 471 Å². The number of thiazole rings is 2. The monoisotopic (exact) mass is 1140 g/mol. The predicted octanol–water partition coefficient (Wildman–Crippen LogP) is 12.0. The molecule has 4 saturated heterocycles. The summed E-state index contributed by atoms with van der Waals surface area (Å²) in [6.07, 6.45) is 13.2. The van der Waals surface area contributed by atoms with Gasteiger partial charge in [-0.25, -0.2) is 14.8 Å². The quantitative estimate of drug-likeness (QED) is 0.0721. The number of hydrogen-bond acceptors (Lipinski definition) is 16. The first kappa shape index (κ1) is 52.8. The van der Waals surface area contributed by atoms with E-state index >= 15 is 0 Å². The molecule has 20 heteroatoms. The van der Waals surface area contributed by atoms with E-state index in [2.05, 4.69) is 75.7 Å². The standard InChI is InChI=1S/C31H34N4O6S2.C29H29N3O4S/c1-18-4-2-3-5-24(18)28-25(29(41-34-28)19-6-7-19)17-40-23-15-21-9-10-22(16-23)35(21)31-33-26-11-8-20(14-27(26)42-31)30(36)32-12-13-43(37,38)39;1-16-4-2-3-5-22(16)26-23(27(36-31-26)17-6-7-17)15-35-21-13-19-9-10-20(14-21)32(19)29-30-24-11-8-18(28(33)34)12-25(24)37-29/h2-5,8,11,14,19,21-23H,6-7,9-10,12-13,15-17H2,1H3,(H,32,36)(H,37,38,39);2-5,8,11-12,17,19-21H,6-7,9-10,13-15H2,1H3,(H,33,34)/t;19-,20?,21?/m.0/s1. The number of aromatic nitrogens is 4. The Bertz CT molecular complexity index is 3720. The van der Waals surface area contributed by atoms with Crippen molar-refractivity contribution in [1.82, 2.24) is 25.6 Å². The van der Waals surface area contributed by atoms with E-state index in [9.17, 15) is 23.1 Å². The Kier molecular flexibility index (Phi) is 14.3. The Balaban J connectivity index is 0.000000153. The first-order valence-corrected chi connectivity index (χ1v) is 31.2. The number of ether oxygens (including phenoxy) is 2. The van der Waals surface area contributed by atoms with Crippen LogP contribution in [-0.4, -0.2) is 98.9 Å². The van der Waals surface area contributed by atoms with Gasteiger partial charge in [0.05, 0.1) is 57.2 Å². The molecule has 80 heavy (non-hydrogen) atoms. The van der Waals surface area contributed by atoms with Gasteiger partial charge in [0.1, 0.15) is 22.9 Å². The topological polar surface area (TPSA) is 224 Å². The van der Waals surface area contributed by atoms with Crippen LogP contribution < -0.4 is 15.1 Å². The van der Waals surface area contributed by atoms with Gasteiger partial charge in [0, 0.05) is 70.4 Å². The van der Waals surface area contributed by atoms with E-state index < -0.39 is 21.8 Å². The molecule has 8 heterocycles. The van der Waals surface area contributed by atoms with E-state index in [1.54, 1.807) is 46.9 Å². The number of carbonyl (C=O) groups excluding carboxylic acids is 1. The van der Waals surface area contributed by atoms with Crippen LogP contribution in [0, 0.1) is 13.8 Å². The summed E-state index contributed by atoms with van der Waals surface area (Å²) in [5, 5.41) is 22.8. The molecule has 14 rings (SSSR count). The van der Waals surface area contributed by atoms with Gasteiger partial charge in [0.25, 0.3) is 16.0 Å². The molecule has 4 bridgehead atoms. The number of aromatic carboxylic acids is 1. The van der Waals surface area contributed by atoms with Crippen molar-refractivity contribution in [3.05, 3.63) is 130 Å². The third kappa shape index (κ3) is 10.9. The Morgan fingerprint density at radius 3 is 1.50 bits per heavy atom. The number of carbonyl (C=O) groups is 2. The summed E-state index contributed by atoms with van der Waals surface area (Å²) in [5.74, 6) is 1.10. The molecule has 0 radical (unpaired) electrons. The molecule has 17 nitrogen and oxygen atoms in total. The molecular weight excluding hydrogens is 1070 g/mol. The molecule has 8 aromatic rings. The molecule has 2 aliphatic carbocycles. The number of amides is 1. The molecule has 4 unspecified atom stereocenters. The Morgan fingerprint density at radius 2 is 1.07 bits per heavy atom. The number of nitrogens with one attached hydrogen (secondary N) is 1. The van der Waals surface area contributed by atoms with Crippen LogP contribution in [0.15, 0.2) is 94.0 Å². The number of carboxylic acids is 1. The fourth-order valence-corrected chi connectivity index (χ4v) is 15.3. The van der Waals surface area contributed by atoms with Gasteiger partial charge in [0.2, 0.25) is 0 Å². The Morgan fingerprint density at radius 1 is 0.637 bits per heavy atom. The first-order valence-electron chi connectivity index (χ1n) is 27.9. The highest BCUT2D eigenvalue weighted by molar-refractivity contribution is 7.85. The number of fused-ring (bicyclic) bond motifs is 6. The number of hydrogen-bond donors (Lipinski definition) is 3. The van der Waals surface area contributed by atoms with Gasteiger partial charge in [-0.05, 0) is 138 Å².